The maximum Gasteiger partial charge on any atom is 0.141 e. The predicted molar refractivity (Wildman–Crippen MR) is 107 cm³/mol. The number of aromatic hydroxyl groups is 1. The summed E-state index contributed by atoms with van der Waals surface area (Å²) in [6.07, 6.45) is 0. The predicted octanol–water partition coefficient (Wildman–Crippen LogP) is 5.69. The van der Waals surface area contributed by atoms with Gasteiger partial charge in [0.25, 0.3) is 0 Å². The maximum atomic E-state index is 10.2. The van der Waals surface area contributed by atoms with Gasteiger partial charge in [-0.25, -0.2) is 4.99 Å². The summed E-state index contributed by atoms with van der Waals surface area (Å²) in [7, 11) is 3.43. The molecule has 1 aromatic heterocycles. The Morgan fingerprint density at radius 1 is 1.00 bits per heavy atom. The molecule has 3 aromatic rings. The Hall–Kier alpha value is -2.11. The number of hydrogen-bond donors (Lipinski definition) is 2. The second kappa shape index (κ2) is 5.71. The van der Waals surface area contributed by atoms with E-state index in [4.69, 9.17) is 4.99 Å². The van der Waals surface area contributed by atoms with Crippen LogP contribution in [0.5, 0.6) is 5.75 Å². The van der Waals surface area contributed by atoms with Crippen LogP contribution in [0.4, 0.5) is 11.4 Å². The molecule has 128 valence electrons. The van der Waals surface area contributed by atoms with Crippen LogP contribution in [-0.4, -0.2) is 5.11 Å². The highest BCUT2D eigenvalue weighted by molar-refractivity contribution is 7.68. The molecule has 1 aliphatic rings. The number of benzene rings is 2. The number of nitrogens with zero attached hydrogens (tertiary/aromatic N) is 1. The summed E-state index contributed by atoms with van der Waals surface area (Å²) in [5.74, 6) is 0.218. The quantitative estimate of drug-likeness (QED) is 0.542. The first-order valence-corrected chi connectivity index (χ1v) is 10.4. The first kappa shape index (κ1) is 16.4. The Morgan fingerprint density at radius 3 is 2.52 bits per heavy atom. The summed E-state index contributed by atoms with van der Waals surface area (Å²) in [6.45, 7) is 8.52. The van der Waals surface area contributed by atoms with E-state index in [-0.39, 0.29) is 11.3 Å². The summed E-state index contributed by atoms with van der Waals surface area (Å²) in [6, 6.07) is 12.0. The van der Waals surface area contributed by atoms with Gasteiger partial charge in [0.05, 0.1) is 10.4 Å². The molecule has 1 aliphatic heterocycles. The average molecular weight is 369 g/mol. The Balaban J connectivity index is 2.02. The van der Waals surface area contributed by atoms with Gasteiger partial charge < -0.3 is 10.4 Å². The van der Waals surface area contributed by atoms with Crippen LogP contribution >= 0.6 is 20.7 Å². The summed E-state index contributed by atoms with van der Waals surface area (Å²) < 4.78 is 0.960. The fourth-order valence-corrected chi connectivity index (χ4v) is 6.12. The van der Waals surface area contributed by atoms with E-state index >= 15 is 0 Å². The van der Waals surface area contributed by atoms with E-state index in [0.717, 1.165) is 15.9 Å². The van der Waals surface area contributed by atoms with Crippen LogP contribution in [0.2, 0.25) is 0 Å². The lowest BCUT2D eigenvalue weighted by Crippen LogP contribution is -2.31. The van der Waals surface area contributed by atoms with Crippen molar-refractivity contribution in [2.75, 3.05) is 5.32 Å². The molecule has 0 radical (unpaired) electrons. The SMILES string of the molecule is Cc1ccc(O)c(N=c2ssc3c2-c2cc(C)ccc2NC3(C)C)c1. The van der Waals surface area contributed by atoms with Crippen LogP contribution in [0.3, 0.4) is 0 Å². The Morgan fingerprint density at radius 2 is 1.72 bits per heavy atom. The van der Waals surface area contributed by atoms with Gasteiger partial charge in [0.2, 0.25) is 0 Å². The minimum Gasteiger partial charge on any atom is -0.506 e. The van der Waals surface area contributed by atoms with Crippen LogP contribution in [0.25, 0.3) is 11.1 Å². The second-order valence-corrected chi connectivity index (χ2v) is 9.21. The number of hydrogen-bond acceptors (Lipinski definition) is 5. The molecule has 4 rings (SSSR count). The van der Waals surface area contributed by atoms with Crippen LogP contribution in [-0.2, 0) is 5.54 Å². The van der Waals surface area contributed by atoms with E-state index in [2.05, 4.69) is 44.3 Å². The number of fused-ring (bicyclic) bond motifs is 3. The molecule has 2 heterocycles. The maximum absolute atomic E-state index is 10.2. The van der Waals surface area contributed by atoms with Crippen molar-refractivity contribution in [2.45, 2.75) is 33.2 Å². The topological polar surface area (TPSA) is 44.6 Å². The summed E-state index contributed by atoms with van der Waals surface area (Å²) in [4.78, 5) is 6.11. The molecule has 5 heteroatoms. The van der Waals surface area contributed by atoms with Gasteiger partial charge in [-0.2, -0.15) is 0 Å². The molecule has 2 aromatic carbocycles. The van der Waals surface area contributed by atoms with Crippen LogP contribution < -0.4 is 9.99 Å². The zero-order valence-electron chi connectivity index (χ0n) is 14.7. The van der Waals surface area contributed by atoms with Gasteiger partial charge in [-0.15, -0.1) is 0 Å². The fourth-order valence-electron chi connectivity index (χ4n) is 3.19. The lowest BCUT2D eigenvalue weighted by atomic mass is 9.89. The minimum absolute atomic E-state index is 0.138. The highest BCUT2D eigenvalue weighted by Gasteiger charge is 2.33. The van der Waals surface area contributed by atoms with Gasteiger partial charge in [0.1, 0.15) is 16.1 Å². The zero-order valence-corrected chi connectivity index (χ0v) is 16.3. The standard InChI is InChI=1S/C20H20N2OS2/c1-11-5-7-14-13(9-11)17-18(20(3,4)22-14)24-25-19(17)21-15-10-12(2)6-8-16(15)23/h5-10,22-23H,1-4H3. The number of phenolic OH excluding ortho intramolecular Hbond substituents is 1. The molecular formula is C20H20N2OS2. The van der Waals surface area contributed by atoms with Gasteiger partial charge in [0.15, 0.2) is 0 Å². The number of phenols is 1. The number of rotatable bonds is 1. The van der Waals surface area contributed by atoms with Crippen LogP contribution in [0.1, 0.15) is 29.9 Å². The lowest BCUT2D eigenvalue weighted by Gasteiger charge is -2.33. The summed E-state index contributed by atoms with van der Waals surface area (Å²) >= 11 is 0. The van der Waals surface area contributed by atoms with Crippen molar-refractivity contribution in [3.05, 3.63) is 57.1 Å². The van der Waals surface area contributed by atoms with Gasteiger partial charge in [0, 0.05) is 16.8 Å². The van der Waals surface area contributed by atoms with E-state index in [1.165, 1.54) is 21.6 Å². The molecule has 0 bridgehead atoms. The van der Waals surface area contributed by atoms with E-state index in [0.29, 0.717) is 5.69 Å². The number of anilines is 1. The molecule has 0 unspecified atom stereocenters. The molecule has 0 atom stereocenters. The molecule has 0 spiro atoms. The molecule has 0 saturated heterocycles. The van der Waals surface area contributed by atoms with Gasteiger partial charge in [-0.3, -0.25) is 0 Å². The first-order valence-electron chi connectivity index (χ1n) is 8.22. The number of aryl methyl sites for hydroxylation is 2. The smallest absolute Gasteiger partial charge is 0.141 e. The third kappa shape index (κ3) is 2.77. The largest absolute Gasteiger partial charge is 0.506 e. The third-order valence-corrected chi connectivity index (χ3v) is 7.10. The second-order valence-electron chi connectivity index (χ2n) is 7.08. The molecule has 0 aliphatic carbocycles. The van der Waals surface area contributed by atoms with Gasteiger partial charge in [-0.05, 0) is 57.5 Å². The Bertz CT molecular complexity index is 1040. The minimum atomic E-state index is -0.138. The van der Waals surface area contributed by atoms with Crippen molar-refractivity contribution >= 4 is 32.1 Å². The molecule has 2 N–H and O–H groups in total. The highest BCUT2D eigenvalue weighted by Crippen LogP contribution is 2.45. The van der Waals surface area contributed by atoms with E-state index in [9.17, 15) is 5.11 Å². The van der Waals surface area contributed by atoms with Gasteiger partial charge in [-0.1, -0.05) is 38.4 Å². The van der Waals surface area contributed by atoms with Crippen molar-refractivity contribution in [1.82, 2.24) is 0 Å². The van der Waals surface area contributed by atoms with Crippen molar-refractivity contribution < 1.29 is 5.11 Å². The normalized spacial score (nSPS) is 15.4. The highest BCUT2D eigenvalue weighted by atomic mass is 32.9. The van der Waals surface area contributed by atoms with E-state index in [1.807, 2.05) is 19.1 Å². The number of nitrogens with one attached hydrogen (secondary N) is 1. The molecule has 0 saturated carbocycles. The van der Waals surface area contributed by atoms with Crippen LogP contribution in [0, 0.1) is 13.8 Å². The molecule has 25 heavy (non-hydrogen) atoms. The third-order valence-electron chi connectivity index (χ3n) is 4.46. The van der Waals surface area contributed by atoms with Crippen LogP contribution in [0.15, 0.2) is 41.4 Å². The first-order chi connectivity index (χ1) is 11.8. The van der Waals surface area contributed by atoms with Gasteiger partial charge >= 0.3 is 0 Å². The van der Waals surface area contributed by atoms with Crippen molar-refractivity contribution in [1.29, 1.82) is 0 Å². The lowest BCUT2D eigenvalue weighted by molar-refractivity contribution is 0.476. The Kier molecular flexibility index (Phi) is 3.74. The summed E-state index contributed by atoms with van der Waals surface area (Å²) in [5, 5.41) is 13.8. The molecule has 0 amide bonds. The fraction of sp³-hybridized carbons (Fsp3) is 0.250. The van der Waals surface area contributed by atoms with Crippen molar-refractivity contribution in [2.24, 2.45) is 4.99 Å². The van der Waals surface area contributed by atoms with Crippen molar-refractivity contribution in [3.63, 3.8) is 0 Å². The van der Waals surface area contributed by atoms with E-state index < -0.39 is 0 Å². The summed E-state index contributed by atoms with van der Waals surface area (Å²) in [5.41, 5.74) is 6.33. The average Bonchev–Trinajstić information content (AvgIpc) is 2.97. The van der Waals surface area contributed by atoms with E-state index in [1.54, 1.807) is 26.7 Å². The molecule has 0 fully saturated rings. The zero-order chi connectivity index (χ0) is 17.8. The molecule has 3 nitrogen and oxygen atoms in total. The molecular weight excluding hydrogens is 348 g/mol. The Labute approximate surface area is 154 Å². The van der Waals surface area contributed by atoms with Crippen molar-refractivity contribution in [3.8, 4) is 16.9 Å². The monoisotopic (exact) mass is 368 g/mol.